The van der Waals surface area contributed by atoms with Crippen molar-refractivity contribution in [3.63, 3.8) is 0 Å². The first-order valence-corrected chi connectivity index (χ1v) is 19.7. The van der Waals surface area contributed by atoms with Crippen LogP contribution in [0, 0.1) is 0 Å². The van der Waals surface area contributed by atoms with Gasteiger partial charge in [0.1, 0.15) is 30.1 Å². The van der Waals surface area contributed by atoms with Crippen LogP contribution in [0.4, 0.5) is 0 Å². The molecule has 10 aromatic rings. The quantitative estimate of drug-likeness (QED) is 0.0264. The maximum atomic E-state index is 12.4. The molecule has 15 nitrogen and oxygen atoms in total. The lowest BCUT2D eigenvalue weighted by Gasteiger charge is -2.16. The van der Waals surface area contributed by atoms with Gasteiger partial charge in [0, 0.05) is 11.4 Å². The molecule has 8 aromatic carbocycles. The third kappa shape index (κ3) is 4.54. The maximum Gasteiger partial charge on any atom is 0.234 e. The van der Waals surface area contributed by atoms with E-state index < -0.39 is 51.7 Å². The molecule has 0 amide bonds. The predicted molar refractivity (Wildman–Crippen MR) is 239 cm³/mol. The van der Waals surface area contributed by atoms with Crippen molar-refractivity contribution in [2.75, 3.05) is 0 Å². The van der Waals surface area contributed by atoms with E-state index >= 15 is 0 Å². The van der Waals surface area contributed by atoms with Crippen molar-refractivity contribution in [1.82, 2.24) is 9.13 Å². The van der Waals surface area contributed by atoms with E-state index in [9.17, 15) is 46.0 Å². The van der Waals surface area contributed by atoms with Crippen LogP contribution < -0.4 is 5.46 Å². The average Bonchev–Trinajstić information content (AvgIpc) is 3.89. The van der Waals surface area contributed by atoms with E-state index in [0.717, 1.165) is 22.3 Å². The van der Waals surface area contributed by atoms with Crippen LogP contribution in [0.5, 0.6) is 51.7 Å². The van der Waals surface area contributed by atoms with Gasteiger partial charge in [0.15, 0.2) is 34.5 Å². The zero-order valence-electron chi connectivity index (χ0n) is 32.9. The summed E-state index contributed by atoms with van der Waals surface area (Å²) in [7, 11) is 1.41. The highest BCUT2D eigenvalue weighted by Gasteiger charge is 2.39. The van der Waals surface area contributed by atoms with Gasteiger partial charge in [-0.2, -0.15) is 0 Å². The molecular weight excluding hydrogens is 823 g/mol. The van der Waals surface area contributed by atoms with Gasteiger partial charge in [0.2, 0.25) is 33.8 Å². The highest BCUT2D eigenvalue weighted by atomic mass is 17.0. The molecular formula is C48H29BN2O13. The lowest BCUT2D eigenvalue weighted by molar-refractivity contribution is 0.0763. The number of aromatic hydroxyl groups is 9. The maximum absolute atomic E-state index is 12.4. The Labute approximate surface area is 357 Å². The Morgan fingerprint density at radius 2 is 0.750 bits per heavy atom. The van der Waals surface area contributed by atoms with Gasteiger partial charge in [-0.05, 0) is 52.0 Å². The zero-order chi connectivity index (χ0) is 44.0. The smallest absolute Gasteiger partial charge is 0.234 e. The number of fused-ring (bicyclic) bond motifs is 8. The van der Waals surface area contributed by atoms with Gasteiger partial charge < -0.3 is 55.1 Å². The molecule has 0 radical (unpaired) electrons. The second-order valence-electron chi connectivity index (χ2n) is 15.6. The second-order valence-corrected chi connectivity index (χ2v) is 15.6. The normalized spacial score (nSPS) is 12.1. The van der Waals surface area contributed by atoms with E-state index in [0.29, 0.717) is 11.4 Å². The molecule has 16 heteroatoms. The molecule has 2 aliphatic heterocycles. The fourth-order valence-electron chi connectivity index (χ4n) is 9.25. The van der Waals surface area contributed by atoms with Gasteiger partial charge in [-0.1, -0.05) is 84.9 Å². The molecule has 64 heavy (non-hydrogen) atoms. The van der Waals surface area contributed by atoms with Crippen molar-refractivity contribution in [3.8, 4) is 96.5 Å². The third-order valence-corrected chi connectivity index (χ3v) is 12.2. The van der Waals surface area contributed by atoms with Crippen molar-refractivity contribution in [1.29, 1.82) is 0 Å². The number of phenols is 9. The number of nitrogens with zero attached hydrogens (tertiary/aromatic N) is 2. The molecule has 0 atom stereocenters. The molecule has 2 aromatic heterocycles. The highest BCUT2D eigenvalue weighted by molar-refractivity contribution is 6.40. The largest absolute Gasteiger partial charge is 0.506 e. The van der Waals surface area contributed by atoms with Crippen LogP contribution >= 0.6 is 0 Å². The minimum absolute atomic E-state index is 0.0345. The van der Waals surface area contributed by atoms with Crippen LogP contribution in [-0.4, -0.2) is 62.9 Å². The SMILES string of the molecule is Bc1c(O)c(O)c2c3c4ooc5c6c(ooc(c4-6)c(O)c3n(-c3cccc(-c4ccccc4)c3)c2c1O)c1c2c(O)c(O)c(O)c(O)c2n(-c2ccc(-c3ccccc3)cc2)c1c5O. The first kappa shape index (κ1) is 36.7. The summed E-state index contributed by atoms with van der Waals surface area (Å²) in [6.07, 6.45) is 0. The van der Waals surface area contributed by atoms with Gasteiger partial charge in [-0.25, -0.2) is 0 Å². The topological polar surface area (TPSA) is 244 Å². The molecule has 0 saturated carbocycles. The molecule has 312 valence electrons. The summed E-state index contributed by atoms with van der Waals surface area (Å²) < 4.78 is 26.7. The Morgan fingerprint density at radius 3 is 1.31 bits per heavy atom. The minimum atomic E-state index is -1.07. The van der Waals surface area contributed by atoms with Crippen molar-refractivity contribution in [2.45, 2.75) is 0 Å². The van der Waals surface area contributed by atoms with E-state index in [4.69, 9.17) is 18.3 Å². The molecule has 0 bridgehead atoms. The van der Waals surface area contributed by atoms with Gasteiger partial charge in [0.25, 0.3) is 0 Å². The summed E-state index contributed by atoms with van der Waals surface area (Å²) in [5.74, 6) is -6.83. The molecule has 0 aliphatic carbocycles. The monoisotopic (exact) mass is 852 g/mol. The van der Waals surface area contributed by atoms with Gasteiger partial charge in [-0.15, -0.1) is 0 Å². The lowest BCUT2D eigenvalue weighted by atomic mass is 9.90. The minimum Gasteiger partial charge on any atom is -0.506 e. The number of hydrogen-bond acceptors (Lipinski definition) is 13. The van der Waals surface area contributed by atoms with E-state index in [1.165, 1.54) is 17.0 Å². The summed E-state index contributed by atoms with van der Waals surface area (Å²) in [5.41, 5.74) is 2.10. The van der Waals surface area contributed by atoms with Crippen LogP contribution in [-0.2, 0) is 0 Å². The summed E-state index contributed by atoms with van der Waals surface area (Å²) in [6.45, 7) is 0. The van der Waals surface area contributed by atoms with Gasteiger partial charge in [0.05, 0.1) is 38.2 Å². The fraction of sp³-hybridized carbons (Fsp3) is 0. The highest BCUT2D eigenvalue weighted by Crippen LogP contribution is 2.60. The van der Waals surface area contributed by atoms with E-state index in [1.807, 2.05) is 66.7 Å². The molecule has 0 unspecified atom stereocenters. The van der Waals surface area contributed by atoms with Crippen molar-refractivity contribution in [3.05, 3.63) is 109 Å². The van der Waals surface area contributed by atoms with Crippen LogP contribution in [0.1, 0.15) is 0 Å². The second kappa shape index (κ2) is 12.7. The molecule has 2 aliphatic rings. The summed E-state index contributed by atoms with van der Waals surface area (Å²) in [4.78, 5) is 0. The first-order valence-electron chi connectivity index (χ1n) is 19.7. The number of benzene rings is 8. The Bertz CT molecular complexity index is 3950. The van der Waals surface area contributed by atoms with E-state index in [2.05, 4.69) is 0 Å². The molecule has 0 fully saturated rings. The number of hydrogen-bond donors (Lipinski definition) is 9. The first-order chi connectivity index (χ1) is 31.0. The summed E-state index contributed by atoms with van der Waals surface area (Å²) in [5, 5.41) is 104. The molecule has 12 rings (SSSR count). The third-order valence-electron chi connectivity index (χ3n) is 12.2. The Kier molecular flexibility index (Phi) is 7.26. The van der Waals surface area contributed by atoms with Gasteiger partial charge >= 0.3 is 0 Å². The van der Waals surface area contributed by atoms with Gasteiger partial charge in [-0.3, -0.25) is 18.3 Å². The molecule has 9 N–H and O–H groups in total. The Hall–Kier alpha value is -9.18. The lowest BCUT2D eigenvalue weighted by Crippen LogP contribution is -2.06. The molecule has 4 heterocycles. The predicted octanol–water partition coefficient (Wildman–Crippen LogP) is 9.17. The summed E-state index contributed by atoms with van der Waals surface area (Å²) >= 11 is 0. The number of rotatable bonds is 4. The van der Waals surface area contributed by atoms with Crippen molar-refractivity contribution in [2.24, 2.45) is 0 Å². The number of phenolic OH excluding ortho intramolecular Hbond substituents is 9. The Balaban J connectivity index is 1.24. The van der Waals surface area contributed by atoms with Crippen LogP contribution in [0.15, 0.2) is 128 Å². The summed E-state index contributed by atoms with van der Waals surface area (Å²) in [6, 6.07) is 33.1. The molecule has 0 saturated heterocycles. The average molecular weight is 853 g/mol. The standard InChI is InChI=1S/C48H29BN2O13/c49-31-38(54)32-25(36(52)39(31)55)27-35(51(32)24-13-7-12-22(18-24)20-10-5-2-6-11-20)42(58)48-29-30-46(62-64-48)28-26-33(40(56)44(60)43(59)37(26)53)50(34(28)41(57)47(30)63-61-45(27)29)23-16-14-21(15-17-23)19-8-3-1-4-9-19/h1-18,52-60H,49H2. The van der Waals surface area contributed by atoms with Crippen LogP contribution in [0.2, 0.25) is 0 Å². The van der Waals surface area contributed by atoms with E-state index in [1.54, 1.807) is 42.5 Å². The van der Waals surface area contributed by atoms with Crippen LogP contribution in [0.3, 0.4) is 0 Å². The zero-order valence-corrected chi connectivity index (χ0v) is 32.9. The fourth-order valence-corrected chi connectivity index (χ4v) is 9.25. The van der Waals surface area contributed by atoms with Crippen molar-refractivity contribution >= 4 is 79.3 Å². The Morgan fingerprint density at radius 1 is 0.328 bits per heavy atom. The van der Waals surface area contributed by atoms with Crippen LogP contribution in [0.25, 0.3) is 111 Å². The van der Waals surface area contributed by atoms with E-state index in [-0.39, 0.29) is 82.5 Å². The van der Waals surface area contributed by atoms with Crippen molar-refractivity contribution < 1.29 is 64.3 Å². The number of aromatic nitrogens is 2. The molecule has 0 spiro atoms.